The van der Waals surface area contributed by atoms with Crippen molar-refractivity contribution in [2.45, 2.75) is 83.1 Å². The van der Waals surface area contributed by atoms with Crippen molar-refractivity contribution in [1.29, 1.82) is 0 Å². The number of amides is 3. The first-order chi connectivity index (χ1) is 20.1. The Bertz CT molecular complexity index is 1230. The van der Waals surface area contributed by atoms with Crippen LogP contribution in [0.1, 0.15) is 59.3 Å². The first-order valence-corrected chi connectivity index (χ1v) is 15.9. The summed E-state index contributed by atoms with van der Waals surface area (Å²) in [5, 5.41) is 5.99. The van der Waals surface area contributed by atoms with Crippen molar-refractivity contribution in [2.75, 3.05) is 32.0 Å². The second-order valence-corrected chi connectivity index (χ2v) is 13.2. The summed E-state index contributed by atoms with van der Waals surface area (Å²) in [5.41, 5.74) is -0.884. The number of carbonyl (C=O) groups excluding carboxylic acids is 3. The molecule has 3 aliphatic heterocycles. The van der Waals surface area contributed by atoms with Gasteiger partial charge in [0.25, 0.3) is 0 Å². The predicted molar refractivity (Wildman–Crippen MR) is 160 cm³/mol. The molecule has 1 spiro atoms. The second-order valence-electron chi connectivity index (χ2n) is 12.7. The normalized spacial score (nSPS) is 33.4. The highest BCUT2D eigenvalue weighted by Crippen LogP contribution is 2.55. The van der Waals surface area contributed by atoms with E-state index in [9.17, 15) is 18.8 Å². The molecule has 1 aromatic rings. The molecule has 5 rings (SSSR count). The van der Waals surface area contributed by atoms with Crippen LogP contribution in [0.2, 0.25) is 5.02 Å². The molecule has 0 radical (unpaired) electrons. The van der Waals surface area contributed by atoms with Crippen molar-refractivity contribution in [1.82, 2.24) is 15.1 Å². The number of hydrogen-bond donors (Lipinski definition) is 2. The Morgan fingerprint density at radius 2 is 1.95 bits per heavy atom. The third-order valence-corrected chi connectivity index (χ3v) is 10.3. The number of rotatable bonds is 11. The van der Waals surface area contributed by atoms with Gasteiger partial charge in [0.1, 0.15) is 17.5 Å². The lowest BCUT2D eigenvalue weighted by molar-refractivity contribution is -0.141. The molecule has 3 heterocycles. The number of ether oxygens (including phenoxy) is 1. The predicted octanol–water partition coefficient (Wildman–Crippen LogP) is 4.63. The van der Waals surface area contributed by atoms with Crippen molar-refractivity contribution in [3.05, 3.63) is 41.2 Å². The van der Waals surface area contributed by atoms with E-state index < -0.39 is 41.3 Å². The molecule has 4 aliphatic rings. The number of likely N-dealkylation sites (tertiary alicyclic amines) is 1. The summed E-state index contributed by atoms with van der Waals surface area (Å²) in [7, 11) is 2.07. The molecular weight excluding hydrogens is 559 g/mol. The molecule has 1 aromatic carbocycles. The number of unbranched alkanes of at least 4 members (excludes halogenated alkanes) is 1. The van der Waals surface area contributed by atoms with Crippen molar-refractivity contribution in [3.8, 4) is 0 Å². The lowest BCUT2D eigenvalue weighted by Crippen LogP contribution is -2.58. The van der Waals surface area contributed by atoms with Gasteiger partial charge >= 0.3 is 0 Å². The lowest BCUT2D eigenvalue weighted by Gasteiger charge is -2.38. The van der Waals surface area contributed by atoms with E-state index in [1.54, 1.807) is 11.0 Å². The minimum Gasteiger partial charge on any atom is -0.359 e. The Kier molecular flexibility index (Phi) is 9.30. The molecule has 1 aliphatic carbocycles. The van der Waals surface area contributed by atoms with Gasteiger partial charge in [-0.05, 0) is 69.4 Å². The number of benzene rings is 1. The van der Waals surface area contributed by atoms with Crippen LogP contribution in [0.15, 0.2) is 30.4 Å². The van der Waals surface area contributed by atoms with E-state index in [0.717, 1.165) is 45.2 Å². The van der Waals surface area contributed by atoms with Gasteiger partial charge in [-0.3, -0.25) is 14.4 Å². The van der Waals surface area contributed by atoms with E-state index in [-0.39, 0.29) is 22.9 Å². The Hall–Kier alpha value is -2.49. The Morgan fingerprint density at radius 3 is 2.69 bits per heavy atom. The number of nitrogens with zero attached hydrogens (tertiary/aromatic N) is 2. The van der Waals surface area contributed by atoms with Gasteiger partial charge in [0.15, 0.2) is 0 Å². The lowest BCUT2D eigenvalue weighted by atomic mass is 9.73. The van der Waals surface area contributed by atoms with E-state index in [1.807, 2.05) is 6.08 Å². The fourth-order valence-electron chi connectivity index (χ4n) is 7.41. The number of fused-ring (bicyclic) bond motifs is 1. The Labute approximate surface area is 253 Å². The fourth-order valence-corrected chi connectivity index (χ4v) is 7.59. The maximum absolute atomic E-state index is 14.2. The highest BCUT2D eigenvalue weighted by molar-refractivity contribution is 6.31. The first kappa shape index (κ1) is 31.0. The summed E-state index contributed by atoms with van der Waals surface area (Å²) in [5.74, 6) is -2.28. The molecule has 2 bridgehead atoms. The van der Waals surface area contributed by atoms with Gasteiger partial charge in [0.05, 0.1) is 23.0 Å². The number of carbonyl (C=O) groups is 3. The van der Waals surface area contributed by atoms with Crippen molar-refractivity contribution >= 4 is 35.0 Å². The van der Waals surface area contributed by atoms with E-state index in [2.05, 4.69) is 43.4 Å². The van der Waals surface area contributed by atoms with Crippen LogP contribution in [-0.2, 0) is 19.1 Å². The smallest absolute Gasteiger partial charge is 0.246 e. The van der Waals surface area contributed by atoms with Gasteiger partial charge in [-0.2, -0.15) is 0 Å². The maximum Gasteiger partial charge on any atom is 0.246 e. The maximum atomic E-state index is 14.2. The minimum atomic E-state index is -1.22. The molecular formula is C32H44ClFN4O4. The van der Waals surface area contributed by atoms with Gasteiger partial charge < -0.3 is 25.2 Å². The minimum absolute atomic E-state index is 0.0266. The summed E-state index contributed by atoms with van der Waals surface area (Å²) < 4.78 is 20.2. The molecule has 10 heteroatoms. The van der Waals surface area contributed by atoms with Gasteiger partial charge in [0, 0.05) is 18.3 Å². The summed E-state index contributed by atoms with van der Waals surface area (Å²) in [4.78, 5) is 45.9. The molecule has 0 aromatic heterocycles. The van der Waals surface area contributed by atoms with Crippen LogP contribution in [0.4, 0.5) is 10.1 Å². The van der Waals surface area contributed by atoms with Crippen LogP contribution in [0, 0.1) is 29.5 Å². The molecule has 2 saturated heterocycles. The highest BCUT2D eigenvalue weighted by Gasteiger charge is 2.72. The van der Waals surface area contributed by atoms with Crippen LogP contribution in [0.25, 0.3) is 0 Å². The summed E-state index contributed by atoms with van der Waals surface area (Å²) >= 11 is 5.93. The van der Waals surface area contributed by atoms with E-state index in [1.165, 1.54) is 18.2 Å². The third-order valence-electron chi connectivity index (χ3n) is 9.98. The average molecular weight is 603 g/mol. The highest BCUT2D eigenvalue weighted by atomic mass is 35.5. The van der Waals surface area contributed by atoms with Crippen LogP contribution in [0.5, 0.6) is 0 Å². The van der Waals surface area contributed by atoms with E-state index in [4.69, 9.17) is 16.3 Å². The average Bonchev–Trinajstić information content (AvgIpc) is 3.59. The quantitative estimate of drug-likeness (QED) is 0.361. The molecule has 2 N–H and O–H groups in total. The van der Waals surface area contributed by atoms with E-state index in [0.29, 0.717) is 30.5 Å². The summed E-state index contributed by atoms with van der Waals surface area (Å²) in [6, 6.07) is 3.12. The molecule has 1 saturated carbocycles. The van der Waals surface area contributed by atoms with Gasteiger partial charge in [-0.1, -0.05) is 63.8 Å². The van der Waals surface area contributed by atoms with Crippen molar-refractivity contribution in [2.24, 2.45) is 23.7 Å². The molecule has 8 atom stereocenters. The number of halogens is 2. The summed E-state index contributed by atoms with van der Waals surface area (Å²) in [6.07, 6.45) is 9.01. The SMILES string of the molecule is CCCCN(C)CCCN1C(=O)[C@@H]2[C@H](C(=O)Nc3ccc(F)c(Cl)c3)[C@@H]3C=C[C@@]2(O3)[C@@H]1C(=O)N[C@@H]1CCC[C@H](C)[C@@H]1C. The summed E-state index contributed by atoms with van der Waals surface area (Å²) in [6.45, 7) is 8.72. The fraction of sp³-hybridized carbons (Fsp3) is 0.656. The van der Waals surface area contributed by atoms with Crippen LogP contribution in [-0.4, -0.2) is 78.0 Å². The zero-order valence-corrected chi connectivity index (χ0v) is 25.8. The largest absolute Gasteiger partial charge is 0.359 e. The first-order valence-electron chi connectivity index (χ1n) is 15.5. The number of hydrogen-bond acceptors (Lipinski definition) is 5. The van der Waals surface area contributed by atoms with Gasteiger partial charge in [-0.15, -0.1) is 0 Å². The zero-order chi connectivity index (χ0) is 30.2. The molecule has 3 amide bonds. The van der Waals surface area contributed by atoms with Crippen molar-refractivity contribution in [3.63, 3.8) is 0 Å². The molecule has 8 nitrogen and oxygen atoms in total. The standard InChI is InChI=1S/C32H44ClFN4O4/c1-5-6-15-37(4)16-8-17-38-28(30(40)36-24-10-7-9-19(2)20(24)3)32-14-13-25(42-32)26(27(32)31(38)41)29(39)35-21-11-12-23(34)22(33)18-21/h11-14,18-20,24-28H,5-10,15-17H2,1-4H3,(H,35,39)(H,36,40)/t19-,20-,24+,25-,26+,27-,28-,32-/m0/s1. The molecule has 0 unspecified atom stereocenters. The second kappa shape index (κ2) is 12.6. The van der Waals surface area contributed by atoms with Crippen LogP contribution in [0.3, 0.4) is 0 Å². The van der Waals surface area contributed by atoms with Gasteiger partial charge in [-0.25, -0.2) is 4.39 Å². The number of anilines is 1. The topological polar surface area (TPSA) is 91.0 Å². The van der Waals surface area contributed by atoms with Gasteiger partial charge in [0.2, 0.25) is 17.7 Å². The Balaban J connectivity index is 1.39. The van der Waals surface area contributed by atoms with E-state index >= 15 is 0 Å². The molecule has 42 heavy (non-hydrogen) atoms. The zero-order valence-electron chi connectivity index (χ0n) is 25.1. The van der Waals surface area contributed by atoms with Crippen molar-refractivity contribution < 1.29 is 23.5 Å². The number of nitrogens with one attached hydrogen (secondary N) is 2. The monoisotopic (exact) mass is 602 g/mol. The van der Waals surface area contributed by atoms with Crippen LogP contribution >= 0.6 is 11.6 Å². The third kappa shape index (κ3) is 5.72. The van der Waals surface area contributed by atoms with Crippen LogP contribution < -0.4 is 10.6 Å². The molecule has 3 fully saturated rings. The molecule has 230 valence electrons. The Morgan fingerprint density at radius 1 is 1.19 bits per heavy atom.